The summed E-state index contributed by atoms with van der Waals surface area (Å²) >= 11 is 0. The van der Waals surface area contributed by atoms with Gasteiger partial charge in [0, 0.05) is 11.0 Å². The molecule has 0 aromatic carbocycles. The standard InChI is InChI=1S/C5H9NO3S2/c7-6(8)9-3-1-5-2-4-10-11-5/h5H,1-4H2. The molecule has 0 aliphatic carbocycles. The van der Waals surface area contributed by atoms with Gasteiger partial charge in [0.2, 0.25) is 0 Å². The third-order valence-electron chi connectivity index (χ3n) is 1.36. The first-order valence-corrected chi connectivity index (χ1v) is 5.73. The molecule has 0 spiro atoms. The molecule has 1 aliphatic heterocycles. The van der Waals surface area contributed by atoms with E-state index in [0.29, 0.717) is 5.25 Å². The quantitative estimate of drug-likeness (QED) is 0.388. The van der Waals surface area contributed by atoms with Crippen LogP contribution in [0.5, 0.6) is 0 Å². The Labute approximate surface area is 72.6 Å². The van der Waals surface area contributed by atoms with E-state index in [2.05, 4.69) is 4.84 Å². The lowest BCUT2D eigenvalue weighted by molar-refractivity contribution is -0.757. The highest BCUT2D eigenvalue weighted by Gasteiger charge is 2.16. The van der Waals surface area contributed by atoms with Crippen LogP contribution in [-0.4, -0.2) is 22.7 Å². The van der Waals surface area contributed by atoms with Crippen LogP contribution in [0.25, 0.3) is 0 Å². The topological polar surface area (TPSA) is 52.4 Å². The van der Waals surface area contributed by atoms with E-state index in [1.54, 1.807) is 0 Å². The maximum absolute atomic E-state index is 9.74. The van der Waals surface area contributed by atoms with Crippen molar-refractivity contribution in [2.45, 2.75) is 18.1 Å². The molecule has 1 saturated heterocycles. The predicted molar refractivity (Wildman–Crippen MR) is 46.0 cm³/mol. The maximum atomic E-state index is 9.74. The van der Waals surface area contributed by atoms with Crippen molar-refractivity contribution in [2.75, 3.05) is 12.4 Å². The van der Waals surface area contributed by atoms with E-state index in [9.17, 15) is 10.1 Å². The molecule has 1 unspecified atom stereocenters. The lowest BCUT2D eigenvalue weighted by atomic mass is 10.2. The average molecular weight is 195 g/mol. The van der Waals surface area contributed by atoms with Crippen LogP contribution in [-0.2, 0) is 4.84 Å². The van der Waals surface area contributed by atoms with Crippen LogP contribution >= 0.6 is 21.6 Å². The molecule has 1 atom stereocenters. The highest BCUT2D eigenvalue weighted by atomic mass is 33.1. The summed E-state index contributed by atoms with van der Waals surface area (Å²) in [5.74, 6) is 1.16. The molecule has 0 N–H and O–H groups in total. The first kappa shape index (κ1) is 8.99. The largest absolute Gasteiger partial charge is 0.314 e. The lowest BCUT2D eigenvalue weighted by Crippen LogP contribution is -2.07. The second-order valence-electron chi connectivity index (χ2n) is 2.17. The Morgan fingerprint density at radius 1 is 1.73 bits per heavy atom. The zero-order valence-electron chi connectivity index (χ0n) is 5.89. The van der Waals surface area contributed by atoms with E-state index >= 15 is 0 Å². The van der Waals surface area contributed by atoms with Gasteiger partial charge in [0.1, 0.15) is 0 Å². The molecule has 1 heterocycles. The van der Waals surface area contributed by atoms with E-state index in [-0.39, 0.29) is 6.61 Å². The summed E-state index contributed by atoms with van der Waals surface area (Å²) in [4.78, 5) is 13.9. The smallest absolute Gasteiger partial charge is 0.294 e. The Balaban J connectivity index is 1.98. The van der Waals surface area contributed by atoms with Gasteiger partial charge in [-0.3, -0.25) is 0 Å². The van der Waals surface area contributed by atoms with Crippen LogP contribution in [0.15, 0.2) is 0 Å². The molecule has 1 rings (SSSR count). The average Bonchev–Trinajstić information content (AvgIpc) is 2.39. The molecule has 64 valence electrons. The highest BCUT2D eigenvalue weighted by molar-refractivity contribution is 8.77. The Bertz CT molecular complexity index is 138. The fraction of sp³-hybridized carbons (Fsp3) is 1.00. The van der Waals surface area contributed by atoms with E-state index in [1.807, 2.05) is 21.6 Å². The molecule has 0 radical (unpaired) electrons. The van der Waals surface area contributed by atoms with Gasteiger partial charge in [-0.1, -0.05) is 21.6 Å². The summed E-state index contributed by atoms with van der Waals surface area (Å²) in [6.45, 7) is 0.241. The minimum absolute atomic E-state index is 0.241. The third kappa shape index (κ3) is 3.71. The molecule has 0 aromatic rings. The second kappa shape index (κ2) is 4.71. The summed E-state index contributed by atoms with van der Waals surface area (Å²) in [5, 5.41) is 9.57. The van der Waals surface area contributed by atoms with Crippen molar-refractivity contribution in [1.29, 1.82) is 0 Å². The lowest BCUT2D eigenvalue weighted by Gasteiger charge is -2.04. The van der Waals surface area contributed by atoms with Gasteiger partial charge >= 0.3 is 0 Å². The van der Waals surface area contributed by atoms with Crippen molar-refractivity contribution < 1.29 is 9.92 Å². The van der Waals surface area contributed by atoms with Crippen LogP contribution < -0.4 is 0 Å². The normalized spacial score (nSPS) is 23.5. The molecule has 0 aromatic heterocycles. The zero-order valence-corrected chi connectivity index (χ0v) is 7.53. The summed E-state index contributed by atoms with van der Waals surface area (Å²) in [6, 6.07) is 0. The van der Waals surface area contributed by atoms with Gasteiger partial charge in [-0.25, -0.2) is 0 Å². The van der Waals surface area contributed by atoms with Crippen molar-refractivity contribution >= 4 is 21.6 Å². The fourth-order valence-corrected chi connectivity index (χ4v) is 3.78. The summed E-state index contributed by atoms with van der Waals surface area (Å²) in [7, 11) is 3.64. The first-order chi connectivity index (χ1) is 5.29. The third-order valence-corrected chi connectivity index (χ3v) is 4.37. The number of rotatable bonds is 4. The van der Waals surface area contributed by atoms with E-state index in [1.165, 1.54) is 0 Å². The van der Waals surface area contributed by atoms with E-state index < -0.39 is 5.09 Å². The van der Waals surface area contributed by atoms with Crippen LogP contribution in [0.4, 0.5) is 0 Å². The molecular weight excluding hydrogens is 186 g/mol. The predicted octanol–water partition coefficient (Wildman–Crippen LogP) is 1.74. The van der Waals surface area contributed by atoms with Gasteiger partial charge in [-0.15, -0.1) is 10.1 Å². The maximum Gasteiger partial charge on any atom is 0.294 e. The summed E-state index contributed by atoms with van der Waals surface area (Å²) in [5.41, 5.74) is 0. The van der Waals surface area contributed by atoms with Crippen LogP contribution in [0.1, 0.15) is 12.8 Å². The molecule has 6 heteroatoms. The van der Waals surface area contributed by atoms with Crippen molar-refractivity contribution in [3.05, 3.63) is 10.1 Å². The SMILES string of the molecule is O=[N+]([O-])OCCC1CCSS1. The molecule has 0 saturated carbocycles. The summed E-state index contributed by atoms with van der Waals surface area (Å²) in [6.07, 6.45) is 1.94. The van der Waals surface area contributed by atoms with Gasteiger partial charge in [0.05, 0.1) is 6.61 Å². The van der Waals surface area contributed by atoms with Crippen LogP contribution in [0, 0.1) is 10.1 Å². The van der Waals surface area contributed by atoms with Crippen molar-refractivity contribution in [3.63, 3.8) is 0 Å². The van der Waals surface area contributed by atoms with Gasteiger partial charge < -0.3 is 4.84 Å². The van der Waals surface area contributed by atoms with E-state index in [4.69, 9.17) is 0 Å². The first-order valence-electron chi connectivity index (χ1n) is 3.34. The summed E-state index contributed by atoms with van der Waals surface area (Å²) < 4.78 is 0. The van der Waals surface area contributed by atoms with E-state index in [0.717, 1.165) is 18.6 Å². The zero-order chi connectivity index (χ0) is 8.10. The second-order valence-corrected chi connectivity index (χ2v) is 4.96. The number of nitrogens with zero attached hydrogens (tertiary/aromatic N) is 1. The Morgan fingerprint density at radius 2 is 2.55 bits per heavy atom. The van der Waals surface area contributed by atoms with Crippen molar-refractivity contribution in [2.24, 2.45) is 0 Å². The molecule has 0 amide bonds. The van der Waals surface area contributed by atoms with Gasteiger partial charge in [0.25, 0.3) is 5.09 Å². The number of hydrogen-bond acceptors (Lipinski definition) is 5. The molecular formula is C5H9NO3S2. The van der Waals surface area contributed by atoms with Crippen LogP contribution in [0.3, 0.4) is 0 Å². The van der Waals surface area contributed by atoms with Gasteiger partial charge in [-0.2, -0.15) is 0 Å². The molecule has 11 heavy (non-hydrogen) atoms. The number of hydrogen-bond donors (Lipinski definition) is 0. The van der Waals surface area contributed by atoms with Gasteiger partial charge in [-0.05, 0) is 12.8 Å². The fourth-order valence-electron chi connectivity index (χ4n) is 0.823. The minimum Gasteiger partial charge on any atom is -0.314 e. The molecule has 4 nitrogen and oxygen atoms in total. The van der Waals surface area contributed by atoms with Crippen LogP contribution in [0.2, 0.25) is 0 Å². The molecule has 0 bridgehead atoms. The van der Waals surface area contributed by atoms with Crippen molar-refractivity contribution in [1.82, 2.24) is 0 Å². The Kier molecular flexibility index (Phi) is 3.85. The van der Waals surface area contributed by atoms with Crippen molar-refractivity contribution in [3.8, 4) is 0 Å². The molecule has 1 aliphatic rings. The highest BCUT2D eigenvalue weighted by Crippen LogP contribution is 2.38. The Morgan fingerprint density at radius 3 is 3.09 bits per heavy atom. The van der Waals surface area contributed by atoms with Gasteiger partial charge in [0.15, 0.2) is 0 Å². The Hall–Kier alpha value is -0.100. The minimum atomic E-state index is -0.729. The molecule has 1 fully saturated rings. The monoisotopic (exact) mass is 195 g/mol.